The number of hydrogen-bond acceptors (Lipinski definition) is 3. The maximum Gasteiger partial charge on any atom is 0.256 e. The Morgan fingerprint density at radius 1 is 1.07 bits per heavy atom. The number of benzene rings is 2. The molecule has 0 spiro atoms. The Balaban J connectivity index is 1.47. The summed E-state index contributed by atoms with van der Waals surface area (Å²) in [7, 11) is 0. The van der Waals surface area contributed by atoms with Crippen LogP contribution in [0.5, 0.6) is 0 Å². The first-order valence-corrected chi connectivity index (χ1v) is 9.63. The number of piperazine rings is 1. The molecule has 0 radical (unpaired) electrons. The van der Waals surface area contributed by atoms with Crippen molar-refractivity contribution in [3.05, 3.63) is 70.5 Å². The average molecular weight is 404 g/mol. The molecule has 7 heteroatoms. The fraction of sp³-hybridized carbons (Fsp3) is 0.333. The highest BCUT2D eigenvalue weighted by Gasteiger charge is 2.25. The van der Waals surface area contributed by atoms with Crippen LogP contribution in [-0.2, 0) is 4.79 Å². The van der Waals surface area contributed by atoms with Gasteiger partial charge in [-0.2, -0.15) is 0 Å². The molecular weight excluding hydrogens is 381 g/mol. The molecule has 1 unspecified atom stereocenters. The van der Waals surface area contributed by atoms with E-state index in [0.29, 0.717) is 31.2 Å². The highest BCUT2D eigenvalue weighted by molar-refractivity contribution is 6.30. The van der Waals surface area contributed by atoms with Gasteiger partial charge < -0.3 is 10.2 Å². The van der Waals surface area contributed by atoms with Crippen LogP contribution < -0.4 is 5.32 Å². The number of halogens is 2. The van der Waals surface area contributed by atoms with E-state index in [0.717, 1.165) is 5.56 Å². The van der Waals surface area contributed by atoms with E-state index in [1.165, 1.54) is 12.1 Å². The summed E-state index contributed by atoms with van der Waals surface area (Å²) >= 11 is 5.89. The molecule has 1 fully saturated rings. The number of amides is 2. The molecule has 5 nitrogen and oxygen atoms in total. The Kier molecular flexibility index (Phi) is 6.65. The highest BCUT2D eigenvalue weighted by Crippen LogP contribution is 2.16. The van der Waals surface area contributed by atoms with E-state index >= 15 is 0 Å². The van der Waals surface area contributed by atoms with Crippen molar-refractivity contribution in [1.29, 1.82) is 0 Å². The Morgan fingerprint density at radius 3 is 2.36 bits per heavy atom. The highest BCUT2D eigenvalue weighted by atomic mass is 35.5. The van der Waals surface area contributed by atoms with Gasteiger partial charge in [0.1, 0.15) is 5.82 Å². The zero-order chi connectivity index (χ0) is 20.1. The molecule has 1 N–H and O–H groups in total. The van der Waals surface area contributed by atoms with Gasteiger partial charge in [-0.25, -0.2) is 4.39 Å². The first-order valence-electron chi connectivity index (χ1n) is 9.25. The minimum atomic E-state index is -0.509. The topological polar surface area (TPSA) is 52.7 Å². The third kappa shape index (κ3) is 5.09. The van der Waals surface area contributed by atoms with Crippen LogP contribution in [0.2, 0.25) is 5.02 Å². The van der Waals surface area contributed by atoms with E-state index in [1.807, 2.05) is 24.0 Å². The molecule has 1 heterocycles. The van der Waals surface area contributed by atoms with Gasteiger partial charge >= 0.3 is 0 Å². The summed E-state index contributed by atoms with van der Waals surface area (Å²) in [6, 6.07) is 13.3. The molecule has 28 heavy (non-hydrogen) atoms. The fourth-order valence-corrected chi connectivity index (χ4v) is 3.37. The summed E-state index contributed by atoms with van der Waals surface area (Å²) in [5.74, 6) is -0.889. The maximum atomic E-state index is 13.8. The quantitative estimate of drug-likeness (QED) is 0.834. The molecule has 2 aromatic rings. The summed E-state index contributed by atoms with van der Waals surface area (Å²) in [6.07, 6.45) is 0. The second-order valence-electron chi connectivity index (χ2n) is 6.89. The van der Waals surface area contributed by atoms with Crippen molar-refractivity contribution < 1.29 is 14.0 Å². The van der Waals surface area contributed by atoms with Gasteiger partial charge in [-0.1, -0.05) is 35.9 Å². The largest absolute Gasteiger partial charge is 0.348 e. The number of carbonyl (C=O) groups excluding carboxylic acids is 2. The molecule has 0 saturated carbocycles. The fourth-order valence-electron chi connectivity index (χ4n) is 3.24. The summed E-state index contributed by atoms with van der Waals surface area (Å²) in [6.45, 7) is 4.26. The monoisotopic (exact) mass is 403 g/mol. The van der Waals surface area contributed by atoms with Gasteiger partial charge in [0, 0.05) is 31.2 Å². The van der Waals surface area contributed by atoms with Crippen molar-refractivity contribution in [2.24, 2.45) is 0 Å². The number of rotatable bonds is 5. The third-order valence-electron chi connectivity index (χ3n) is 4.88. The number of hydrogen-bond donors (Lipinski definition) is 1. The number of nitrogens with one attached hydrogen (secondary N) is 1. The second kappa shape index (κ2) is 9.17. The van der Waals surface area contributed by atoms with Gasteiger partial charge in [0.15, 0.2) is 0 Å². The average Bonchev–Trinajstić information content (AvgIpc) is 2.69. The van der Waals surface area contributed by atoms with Crippen molar-refractivity contribution >= 4 is 23.4 Å². The van der Waals surface area contributed by atoms with Crippen molar-refractivity contribution in [2.45, 2.75) is 13.0 Å². The predicted octanol–water partition coefficient (Wildman–Crippen LogP) is 3.11. The van der Waals surface area contributed by atoms with Gasteiger partial charge in [-0.3, -0.25) is 14.5 Å². The summed E-state index contributed by atoms with van der Waals surface area (Å²) in [5, 5.41) is 3.63. The summed E-state index contributed by atoms with van der Waals surface area (Å²) < 4.78 is 13.8. The van der Waals surface area contributed by atoms with Gasteiger partial charge in [-0.05, 0) is 36.8 Å². The zero-order valence-corrected chi connectivity index (χ0v) is 16.5. The van der Waals surface area contributed by atoms with E-state index in [-0.39, 0.29) is 30.0 Å². The Labute approximate surface area is 169 Å². The Bertz CT molecular complexity index is 836. The lowest BCUT2D eigenvalue weighted by Crippen LogP contribution is -2.51. The molecule has 0 aliphatic carbocycles. The van der Waals surface area contributed by atoms with Gasteiger partial charge in [0.05, 0.1) is 18.2 Å². The lowest BCUT2D eigenvalue weighted by molar-refractivity contribution is -0.123. The minimum Gasteiger partial charge on any atom is -0.348 e. The predicted molar refractivity (Wildman–Crippen MR) is 107 cm³/mol. The Morgan fingerprint density at radius 2 is 1.71 bits per heavy atom. The van der Waals surface area contributed by atoms with Crippen molar-refractivity contribution in [3.8, 4) is 0 Å². The van der Waals surface area contributed by atoms with Gasteiger partial charge in [-0.15, -0.1) is 0 Å². The van der Waals surface area contributed by atoms with Crippen LogP contribution in [0, 0.1) is 5.82 Å². The van der Waals surface area contributed by atoms with Crippen LogP contribution in [-0.4, -0.2) is 54.3 Å². The van der Waals surface area contributed by atoms with Gasteiger partial charge in [0.25, 0.3) is 5.91 Å². The molecule has 2 amide bonds. The zero-order valence-electron chi connectivity index (χ0n) is 15.7. The number of nitrogens with zero attached hydrogens (tertiary/aromatic N) is 2. The first-order chi connectivity index (χ1) is 13.4. The van der Waals surface area contributed by atoms with Crippen molar-refractivity contribution in [2.75, 3.05) is 32.7 Å². The van der Waals surface area contributed by atoms with E-state index in [9.17, 15) is 14.0 Å². The normalized spacial score (nSPS) is 15.9. The molecule has 1 atom stereocenters. The SMILES string of the molecule is CC(NC(=O)CN1CCN(C(=O)c2ccccc2F)CC1)c1ccc(Cl)cc1. The summed E-state index contributed by atoms with van der Waals surface area (Å²) in [5.41, 5.74) is 1.07. The van der Waals surface area contributed by atoms with Crippen molar-refractivity contribution in [3.63, 3.8) is 0 Å². The van der Waals surface area contributed by atoms with Crippen LogP contribution in [0.25, 0.3) is 0 Å². The van der Waals surface area contributed by atoms with Crippen LogP contribution in [0.1, 0.15) is 28.9 Å². The van der Waals surface area contributed by atoms with Crippen molar-refractivity contribution in [1.82, 2.24) is 15.1 Å². The lowest BCUT2D eigenvalue weighted by Gasteiger charge is -2.34. The van der Waals surface area contributed by atoms with E-state index in [2.05, 4.69) is 5.32 Å². The molecule has 2 aromatic carbocycles. The summed E-state index contributed by atoms with van der Waals surface area (Å²) in [4.78, 5) is 28.4. The molecule has 1 saturated heterocycles. The van der Waals surface area contributed by atoms with Gasteiger partial charge in [0.2, 0.25) is 5.91 Å². The molecule has 148 valence electrons. The lowest BCUT2D eigenvalue weighted by atomic mass is 10.1. The first kappa shape index (κ1) is 20.3. The molecule has 0 aromatic heterocycles. The molecule has 1 aliphatic heterocycles. The Hall–Kier alpha value is -2.44. The minimum absolute atomic E-state index is 0.0728. The van der Waals surface area contributed by atoms with Crippen LogP contribution in [0.4, 0.5) is 4.39 Å². The second-order valence-corrected chi connectivity index (χ2v) is 7.33. The van der Waals surface area contributed by atoms with E-state index in [1.54, 1.807) is 29.2 Å². The standard InChI is InChI=1S/C21H23ClFN3O2/c1-15(16-6-8-17(22)9-7-16)24-20(27)14-25-10-12-26(13-11-25)21(28)18-4-2-3-5-19(18)23/h2-9,15H,10-14H2,1H3,(H,24,27). The van der Waals surface area contributed by atoms with Crippen LogP contribution >= 0.6 is 11.6 Å². The number of carbonyl (C=O) groups is 2. The maximum absolute atomic E-state index is 13.8. The van der Waals surface area contributed by atoms with Crippen LogP contribution in [0.15, 0.2) is 48.5 Å². The van der Waals surface area contributed by atoms with Crippen LogP contribution in [0.3, 0.4) is 0 Å². The molecule has 3 rings (SSSR count). The smallest absolute Gasteiger partial charge is 0.256 e. The third-order valence-corrected chi connectivity index (χ3v) is 5.13. The van der Waals surface area contributed by atoms with E-state index in [4.69, 9.17) is 11.6 Å². The van der Waals surface area contributed by atoms with E-state index < -0.39 is 5.82 Å². The molecule has 1 aliphatic rings. The molecule has 0 bridgehead atoms. The molecular formula is C21H23ClFN3O2.